The van der Waals surface area contributed by atoms with Gasteiger partial charge in [-0.15, -0.1) is 0 Å². The van der Waals surface area contributed by atoms with Crippen LogP contribution in [0, 0.1) is 17.2 Å². The van der Waals surface area contributed by atoms with Crippen LogP contribution in [0.1, 0.15) is 35.2 Å². The molecule has 0 aliphatic heterocycles. The van der Waals surface area contributed by atoms with Crippen LogP contribution in [-0.4, -0.2) is 25.7 Å². The third-order valence-electron chi connectivity index (χ3n) is 3.08. The Hall–Kier alpha value is -1.86. The standard InChI is InChI=1S/C15H18N2O2/c16-10-12-4-6-14(7-5-12)15(18)17-8-1-9-19-11-13-2-3-13/h4-7,13H,1-3,8-9,11H2,(H,17,18). The highest BCUT2D eigenvalue weighted by Gasteiger charge is 2.20. The Morgan fingerprint density at radius 3 is 2.74 bits per heavy atom. The average Bonchev–Trinajstić information content (AvgIpc) is 3.26. The van der Waals surface area contributed by atoms with E-state index < -0.39 is 0 Å². The molecule has 0 unspecified atom stereocenters. The molecule has 1 amide bonds. The van der Waals surface area contributed by atoms with Gasteiger partial charge in [-0.05, 0) is 49.4 Å². The van der Waals surface area contributed by atoms with Crippen LogP contribution in [0.3, 0.4) is 0 Å². The molecule has 0 aromatic heterocycles. The van der Waals surface area contributed by atoms with Crippen molar-refractivity contribution in [2.24, 2.45) is 5.92 Å². The van der Waals surface area contributed by atoms with E-state index in [1.165, 1.54) is 12.8 Å². The van der Waals surface area contributed by atoms with Crippen molar-refractivity contribution < 1.29 is 9.53 Å². The van der Waals surface area contributed by atoms with Crippen molar-refractivity contribution in [1.82, 2.24) is 5.32 Å². The number of carbonyl (C=O) groups is 1. The average molecular weight is 258 g/mol. The first kappa shape index (κ1) is 13.6. The topological polar surface area (TPSA) is 62.1 Å². The maximum absolute atomic E-state index is 11.8. The van der Waals surface area contributed by atoms with Crippen LogP contribution in [0.4, 0.5) is 0 Å². The number of nitrogens with one attached hydrogen (secondary N) is 1. The van der Waals surface area contributed by atoms with Crippen LogP contribution in [0.15, 0.2) is 24.3 Å². The Kier molecular flexibility index (Phi) is 4.93. The molecule has 0 heterocycles. The van der Waals surface area contributed by atoms with Gasteiger partial charge in [-0.1, -0.05) is 0 Å². The fraction of sp³-hybridized carbons (Fsp3) is 0.467. The quantitative estimate of drug-likeness (QED) is 0.762. The lowest BCUT2D eigenvalue weighted by Gasteiger charge is -2.06. The molecule has 0 radical (unpaired) electrons. The van der Waals surface area contributed by atoms with E-state index in [0.29, 0.717) is 24.3 Å². The fourth-order valence-corrected chi connectivity index (χ4v) is 1.71. The molecule has 0 spiro atoms. The number of hydrogen-bond acceptors (Lipinski definition) is 3. The molecule has 2 rings (SSSR count). The molecular weight excluding hydrogens is 240 g/mol. The van der Waals surface area contributed by atoms with Gasteiger partial charge in [-0.3, -0.25) is 4.79 Å². The maximum Gasteiger partial charge on any atom is 0.251 e. The van der Waals surface area contributed by atoms with Crippen molar-refractivity contribution in [2.45, 2.75) is 19.3 Å². The van der Waals surface area contributed by atoms with Crippen molar-refractivity contribution in [3.05, 3.63) is 35.4 Å². The predicted molar refractivity (Wildman–Crippen MR) is 71.7 cm³/mol. The first-order valence-corrected chi connectivity index (χ1v) is 6.65. The van der Waals surface area contributed by atoms with E-state index in [-0.39, 0.29) is 5.91 Å². The van der Waals surface area contributed by atoms with E-state index >= 15 is 0 Å². The van der Waals surface area contributed by atoms with Gasteiger partial charge < -0.3 is 10.1 Å². The first-order chi connectivity index (χ1) is 9.29. The highest BCUT2D eigenvalue weighted by atomic mass is 16.5. The van der Waals surface area contributed by atoms with Crippen molar-refractivity contribution in [2.75, 3.05) is 19.8 Å². The molecule has 0 saturated heterocycles. The van der Waals surface area contributed by atoms with Crippen molar-refractivity contribution >= 4 is 5.91 Å². The van der Waals surface area contributed by atoms with Gasteiger partial charge >= 0.3 is 0 Å². The zero-order chi connectivity index (χ0) is 13.5. The molecule has 1 saturated carbocycles. The Morgan fingerprint density at radius 2 is 2.11 bits per heavy atom. The van der Waals surface area contributed by atoms with Gasteiger partial charge in [0.25, 0.3) is 5.91 Å². The molecule has 0 bridgehead atoms. The summed E-state index contributed by atoms with van der Waals surface area (Å²) in [5.74, 6) is 0.680. The Balaban J connectivity index is 1.61. The first-order valence-electron chi connectivity index (χ1n) is 6.65. The van der Waals surface area contributed by atoms with Gasteiger partial charge in [0, 0.05) is 25.3 Å². The van der Waals surface area contributed by atoms with Crippen LogP contribution < -0.4 is 5.32 Å². The molecule has 1 aliphatic carbocycles. The van der Waals surface area contributed by atoms with Crippen LogP contribution in [-0.2, 0) is 4.74 Å². The summed E-state index contributed by atoms with van der Waals surface area (Å²) in [5.41, 5.74) is 1.14. The smallest absolute Gasteiger partial charge is 0.251 e. The zero-order valence-electron chi connectivity index (χ0n) is 10.9. The number of nitrogens with zero attached hydrogens (tertiary/aromatic N) is 1. The summed E-state index contributed by atoms with van der Waals surface area (Å²) in [7, 11) is 0. The summed E-state index contributed by atoms with van der Waals surface area (Å²) < 4.78 is 5.49. The minimum absolute atomic E-state index is 0.105. The minimum Gasteiger partial charge on any atom is -0.381 e. The van der Waals surface area contributed by atoms with Crippen molar-refractivity contribution in [3.63, 3.8) is 0 Å². The van der Waals surface area contributed by atoms with Crippen LogP contribution in [0.25, 0.3) is 0 Å². The molecular formula is C15H18N2O2. The number of carbonyl (C=O) groups excluding carboxylic acids is 1. The number of amides is 1. The monoisotopic (exact) mass is 258 g/mol. The molecule has 4 nitrogen and oxygen atoms in total. The maximum atomic E-state index is 11.8. The lowest BCUT2D eigenvalue weighted by Crippen LogP contribution is -2.25. The normalized spacial score (nSPS) is 13.8. The van der Waals surface area contributed by atoms with Gasteiger partial charge in [-0.25, -0.2) is 0 Å². The highest BCUT2D eigenvalue weighted by Crippen LogP contribution is 2.28. The van der Waals surface area contributed by atoms with Crippen LogP contribution in [0.2, 0.25) is 0 Å². The number of rotatable bonds is 7. The molecule has 1 aromatic carbocycles. The molecule has 0 atom stereocenters. The summed E-state index contributed by atoms with van der Waals surface area (Å²) >= 11 is 0. The minimum atomic E-state index is -0.105. The van der Waals surface area contributed by atoms with Gasteiger partial charge in [0.15, 0.2) is 0 Å². The number of nitriles is 1. The van der Waals surface area contributed by atoms with Crippen LogP contribution >= 0.6 is 0 Å². The SMILES string of the molecule is N#Cc1ccc(C(=O)NCCCOCC2CC2)cc1. The lowest BCUT2D eigenvalue weighted by atomic mass is 10.1. The molecule has 19 heavy (non-hydrogen) atoms. The second-order valence-electron chi connectivity index (χ2n) is 4.82. The van der Waals surface area contributed by atoms with Gasteiger partial charge in [-0.2, -0.15) is 5.26 Å². The van der Waals surface area contributed by atoms with Crippen molar-refractivity contribution in [3.8, 4) is 6.07 Å². The predicted octanol–water partition coefficient (Wildman–Crippen LogP) is 2.10. The van der Waals surface area contributed by atoms with E-state index in [0.717, 1.165) is 18.9 Å². The summed E-state index contributed by atoms with van der Waals surface area (Å²) in [6.07, 6.45) is 3.43. The van der Waals surface area contributed by atoms with E-state index in [9.17, 15) is 4.79 Å². The second kappa shape index (κ2) is 6.91. The molecule has 1 fully saturated rings. The summed E-state index contributed by atoms with van der Waals surface area (Å²) in [6, 6.07) is 8.65. The molecule has 1 aromatic rings. The largest absolute Gasteiger partial charge is 0.381 e. The van der Waals surface area contributed by atoms with Gasteiger partial charge in [0.05, 0.1) is 11.6 Å². The molecule has 1 aliphatic rings. The Labute approximate surface area is 113 Å². The summed E-state index contributed by atoms with van der Waals surface area (Å²) in [4.78, 5) is 11.8. The summed E-state index contributed by atoms with van der Waals surface area (Å²) in [6.45, 7) is 2.18. The van der Waals surface area contributed by atoms with E-state index in [2.05, 4.69) is 5.32 Å². The third kappa shape index (κ3) is 4.72. The number of benzene rings is 1. The number of hydrogen-bond donors (Lipinski definition) is 1. The highest BCUT2D eigenvalue weighted by molar-refractivity contribution is 5.94. The van der Waals surface area contributed by atoms with E-state index in [1.807, 2.05) is 6.07 Å². The Bertz CT molecular complexity index is 458. The lowest BCUT2D eigenvalue weighted by molar-refractivity contribution is 0.0937. The molecule has 100 valence electrons. The second-order valence-corrected chi connectivity index (χ2v) is 4.82. The fourth-order valence-electron chi connectivity index (χ4n) is 1.71. The third-order valence-corrected chi connectivity index (χ3v) is 3.08. The van der Waals surface area contributed by atoms with E-state index in [1.54, 1.807) is 24.3 Å². The van der Waals surface area contributed by atoms with Gasteiger partial charge in [0.1, 0.15) is 0 Å². The summed E-state index contributed by atoms with van der Waals surface area (Å²) in [5, 5.41) is 11.5. The molecule has 4 heteroatoms. The van der Waals surface area contributed by atoms with Crippen molar-refractivity contribution in [1.29, 1.82) is 5.26 Å². The van der Waals surface area contributed by atoms with Crippen LogP contribution in [0.5, 0.6) is 0 Å². The van der Waals surface area contributed by atoms with E-state index in [4.69, 9.17) is 10.00 Å². The number of ether oxygens (including phenoxy) is 1. The Morgan fingerprint density at radius 1 is 1.37 bits per heavy atom. The van der Waals surface area contributed by atoms with Gasteiger partial charge in [0.2, 0.25) is 0 Å². The zero-order valence-corrected chi connectivity index (χ0v) is 10.9. The molecule has 1 N–H and O–H groups in total.